The summed E-state index contributed by atoms with van der Waals surface area (Å²) in [5.41, 5.74) is 1.88. The molecule has 0 saturated carbocycles. The van der Waals surface area contributed by atoms with Crippen LogP contribution in [0.5, 0.6) is 0 Å². The van der Waals surface area contributed by atoms with Crippen molar-refractivity contribution in [3.8, 4) is 0 Å². The third-order valence-corrected chi connectivity index (χ3v) is 4.38. The number of carbonyl (C=O) groups is 1. The van der Waals surface area contributed by atoms with E-state index in [4.69, 9.17) is 10.1 Å². The van der Waals surface area contributed by atoms with Gasteiger partial charge in [0, 0.05) is 6.54 Å². The fourth-order valence-corrected chi connectivity index (χ4v) is 3.17. The SMILES string of the molecule is N=CN1CCCC(OC(=O)C(c2ccccc2)c2ccccc2)C1. The van der Waals surface area contributed by atoms with Gasteiger partial charge in [-0.05, 0) is 24.0 Å². The Morgan fingerprint density at radius 1 is 1.08 bits per heavy atom. The second-order valence-electron chi connectivity index (χ2n) is 6.08. The van der Waals surface area contributed by atoms with Gasteiger partial charge < -0.3 is 9.64 Å². The second kappa shape index (κ2) is 7.77. The molecule has 1 fully saturated rings. The molecule has 0 aromatic heterocycles. The molecule has 1 aliphatic heterocycles. The van der Waals surface area contributed by atoms with Crippen LogP contribution in [0.4, 0.5) is 0 Å². The molecule has 1 N–H and O–H groups in total. The van der Waals surface area contributed by atoms with E-state index in [0.717, 1.165) is 30.5 Å². The van der Waals surface area contributed by atoms with Crippen molar-refractivity contribution in [3.05, 3.63) is 71.8 Å². The lowest BCUT2D eigenvalue weighted by Gasteiger charge is -2.31. The van der Waals surface area contributed by atoms with Gasteiger partial charge in [0.25, 0.3) is 0 Å². The molecule has 0 aliphatic carbocycles. The number of hydrogen-bond donors (Lipinski definition) is 1. The smallest absolute Gasteiger partial charge is 0.318 e. The molecule has 1 atom stereocenters. The van der Waals surface area contributed by atoms with Crippen LogP contribution in [0, 0.1) is 5.41 Å². The van der Waals surface area contributed by atoms with Crippen molar-refractivity contribution in [2.45, 2.75) is 24.9 Å². The van der Waals surface area contributed by atoms with Crippen LogP contribution in [0.1, 0.15) is 29.9 Å². The van der Waals surface area contributed by atoms with Crippen molar-refractivity contribution in [3.63, 3.8) is 0 Å². The average molecular weight is 322 g/mol. The molecule has 0 bridgehead atoms. The van der Waals surface area contributed by atoms with Gasteiger partial charge in [-0.2, -0.15) is 0 Å². The highest BCUT2D eigenvalue weighted by Gasteiger charge is 2.28. The first-order valence-electron chi connectivity index (χ1n) is 8.33. The highest BCUT2D eigenvalue weighted by Crippen LogP contribution is 2.27. The van der Waals surface area contributed by atoms with Crippen molar-refractivity contribution < 1.29 is 9.53 Å². The summed E-state index contributed by atoms with van der Waals surface area (Å²) in [5, 5.41) is 7.38. The minimum atomic E-state index is -0.414. The summed E-state index contributed by atoms with van der Waals surface area (Å²) in [6.45, 7) is 1.46. The summed E-state index contributed by atoms with van der Waals surface area (Å²) in [7, 11) is 0. The summed E-state index contributed by atoms with van der Waals surface area (Å²) < 4.78 is 5.81. The van der Waals surface area contributed by atoms with Crippen molar-refractivity contribution in [2.24, 2.45) is 0 Å². The van der Waals surface area contributed by atoms with E-state index in [0.29, 0.717) is 6.54 Å². The van der Waals surface area contributed by atoms with E-state index in [9.17, 15) is 4.79 Å². The number of ether oxygens (including phenoxy) is 1. The van der Waals surface area contributed by atoms with Crippen LogP contribution in [0.2, 0.25) is 0 Å². The quantitative estimate of drug-likeness (QED) is 0.521. The highest BCUT2D eigenvalue weighted by atomic mass is 16.5. The zero-order valence-corrected chi connectivity index (χ0v) is 13.6. The number of benzene rings is 2. The Labute approximate surface area is 142 Å². The first kappa shape index (κ1) is 16.2. The minimum Gasteiger partial charge on any atom is -0.460 e. The monoisotopic (exact) mass is 322 g/mol. The molecule has 4 heteroatoms. The predicted molar refractivity (Wildman–Crippen MR) is 94.2 cm³/mol. The molecule has 124 valence electrons. The number of nitrogens with zero attached hydrogens (tertiary/aromatic N) is 1. The minimum absolute atomic E-state index is 0.150. The van der Waals surface area contributed by atoms with Gasteiger partial charge in [-0.3, -0.25) is 10.2 Å². The fourth-order valence-electron chi connectivity index (χ4n) is 3.17. The zero-order chi connectivity index (χ0) is 16.8. The largest absolute Gasteiger partial charge is 0.460 e. The normalized spacial score (nSPS) is 17.5. The van der Waals surface area contributed by atoms with Gasteiger partial charge in [-0.25, -0.2) is 0 Å². The molecule has 1 unspecified atom stereocenters. The van der Waals surface area contributed by atoms with E-state index in [1.807, 2.05) is 65.6 Å². The number of esters is 1. The first-order valence-corrected chi connectivity index (χ1v) is 8.33. The van der Waals surface area contributed by atoms with Crippen molar-refractivity contribution in [1.82, 2.24) is 4.90 Å². The van der Waals surface area contributed by atoms with Crippen molar-refractivity contribution in [2.75, 3.05) is 13.1 Å². The number of likely N-dealkylation sites (tertiary alicyclic amines) is 1. The fraction of sp³-hybridized carbons (Fsp3) is 0.300. The van der Waals surface area contributed by atoms with E-state index in [-0.39, 0.29) is 12.1 Å². The van der Waals surface area contributed by atoms with Gasteiger partial charge in [0.15, 0.2) is 0 Å². The predicted octanol–water partition coefficient (Wildman–Crippen LogP) is 3.43. The van der Waals surface area contributed by atoms with Gasteiger partial charge in [0.05, 0.1) is 12.9 Å². The van der Waals surface area contributed by atoms with Crippen LogP contribution in [0.25, 0.3) is 0 Å². The maximum atomic E-state index is 12.9. The maximum Gasteiger partial charge on any atom is 0.318 e. The van der Waals surface area contributed by atoms with Crippen LogP contribution in [0.3, 0.4) is 0 Å². The molecule has 0 amide bonds. The second-order valence-corrected chi connectivity index (χ2v) is 6.08. The zero-order valence-electron chi connectivity index (χ0n) is 13.6. The van der Waals surface area contributed by atoms with Gasteiger partial charge in [0.1, 0.15) is 12.0 Å². The molecular formula is C20H22N2O2. The van der Waals surface area contributed by atoms with Gasteiger partial charge in [-0.1, -0.05) is 60.7 Å². The first-order chi connectivity index (χ1) is 11.8. The molecule has 0 radical (unpaired) electrons. The van der Waals surface area contributed by atoms with E-state index in [2.05, 4.69) is 0 Å². The summed E-state index contributed by atoms with van der Waals surface area (Å²) in [4.78, 5) is 14.8. The van der Waals surface area contributed by atoms with E-state index in [1.165, 1.54) is 6.34 Å². The Morgan fingerprint density at radius 3 is 2.21 bits per heavy atom. The molecule has 2 aromatic rings. The third kappa shape index (κ3) is 3.82. The van der Waals surface area contributed by atoms with Crippen LogP contribution in [0.15, 0.2) is 60.7 Å². The highest BCUT2D eigenvalue weighted by molar-refractivity contribution is 5.82. The number of nitrogens with one attached hydrogen (secondary N) is 1. The lowest BCUT2D eigenvalue weighted by Crippen LogP contribution is -2.40. The van der Waals surface area contributed by atoms with Crippen LogP contribution in [-0.4, -0.2) is 36.4 Å². The summed E-state index contributed by atoms with van der Waals surface area (Å²) in [6, 6.07) is 19.5. The molecule has 0 spiro atoms. The van der Waals surface area contributed by atoms with Crippen molar-refractivity contribution in [1.29, 1.82) is 5.41 Å². The Hall–Kier alpha value is -2.62. The summed E-state index contributed by atoms with van der Waals surface area (Å²) in [6.07, 6.45) is 2.97. The number of hydrogen-bond acceptors (Lipinski definition) is 3. The molecule has 1 saturated heterocycles. The standard InChI is InChI=1S/C20H22N2O2/c21-15-22-13-7-12-18(14-22)24-20(23)19(16-8-3-1-4-9-16)17-10-5-2-6-11-17/h1-6,8-11,15,18-19,21H,7,12-14H2. The molecule has 3 rings (SSSR count). The molecule has 1 aliphatic rings. The van der Waals surface area contributed by atoms with Gasteiger partial charge >= 0.3 is 5.97 Å². The Kier molecular flexibility index (Phi) is 5.26. The Morgan fingerprint density at radius 2 is 1.67 bits per heavy atom. The molecule has 1 heterocycles. The lowest BCUT2D eigenvalue weighted by molar-refractivity contribution is -0.151. The van der Waals surface area contributed by atoms with E-state index in [1.54, 1.807) is 0 Å². The van der Waals surface area contributed by atoms with Gasteiger partial charge in [-0.15, -0.1) is 0 Å². The van der Waals surface area contributed by atoms with Crippen LogP contribution >= 0.6 is 0 Å². The summed E-state index contributed by atoms with van der Waals surface area (Å²) in [5.74, 6) is -0.632. The lowest BCUT2D eigenvalue weighted by atomic mass is 9.91. The topological polar surface area (TPSA) is 53.4 Å². The summed E-state index contributed by atoms with van der Waals surface area (Å²) >= 11 is 0. The van der Waals surface area contributed by atoms with Crippen LogP contribution < -0.4 is 0 Å². The average Bonchev–Trinajstić information content (AvgIpc) is 2.64. The Balaban J connectivity index is 1.80. The number of rotatable bonds is 5. The third-order valence-electron chi connectivity index (χ3n) is 4.38. The van der Waals surface area contributed by atoms with E-state index < -0.39 is 5.92 Å². The molecule has 4 nitrogen and oxygen atoms in total. The number of carbonyl (C=O) groups excluding carboxylic acids is 1. The number of piperidine rings is 1. The Bertz CT molecular complexity index is 633. The molecular weight excluding hydrogens is 300 g/mol. The van der Waals surface area contributed by atoms with Gasteiger partial charge in [0.2, 0.25) is 0 Å². The van der Waals surface area contributed by atoms with Crippen molar-refractivity contribution >= 4 is 12.3 Å². The van der Waals surface area contributed by atoms with E-state index >= 15 is 0 Å². The maximum absolute atomic E-state index is 12.9. The van der Waals surface area contributed by atoms with Crippen LogP contribution in [-0.2, 0) is 9.53 Å². The molecule has 2 aromatic carbocycles. The molecule has 24 heavy (non-hydrogen) atoms.